The molecular formula is C17H16BrN5OS. The van der Waals surface area contributed by atoms with Gasteiger partial charge in [0, 0.05) is 22.3 Å². The molecule has 1 N–H and O–H groups in total. The summed E-state index contributed by atoms with van der Waals surface area (Å²) in [5.74, 6) is 0.565. The molecule has 0 fully saturated rings. The molecule has 25 heavy (non-hydrogen) atoms. The number of aromatic nitrogens is 4. The van der Waals surface area contributed by atoms with E-state index in [1.54, 1.807) is 4.68 Å². The molecule has 0 saturated carbocycles. The molecule has 3 rings (SSSR count). The van der Waals surface area contributed by atoms with Crippen molar-refractivity contribution in [3.8, 4) is 5.69 Å². The molecule has 0 unspecified atom stereocenters. The van der Waals surface area contributed by atoms with Gasteiger partial charge in [-0.3, -0.25) is 4.79 Å². The largest absolute Gasteiger partial charge is 0.326 e. The van der Waals surface area contributed by atoms with Crippen molar-refractivity contribution in [2.75, 3.05) is 11.1 Å². The number of nitrogens with one attached hydrogen (secondary N) is 1. The molecule has 0 bridgehead atoms. The van der Waals surface area contributed by atoms with E-state index < -0.39 is 0 Å². The minimum absolute atomic E-state index is 0.0271. The minimum atomic E-state index is -0.0271. The van der Waals surface area contributed by atoms with E-state index in [4.69, 9.17) is 0 Å². The first-order chi connectivity index (χ1) is 12.1. The molecule has 0 spiro atoms. The van der Waals surface area contributed by atoms with Gasteiger partial charge in [0.2, 0.25) is 11.1 Å². The van der Waals surface area contributed by atoms with Crippen LogP contribution in [0.3, 0.4) is 0 Å². The lowest BCUT2D eigenvalue weighted by Gasteiger charge is -2.06. The van der Waals surface area contributed by atoms with Crippen LogP contribution in [-0.2, 0) is 4.79 Å². The van der Waals surface area contributed by atoms with Crippen LogP contribution in [0.25, 0.3) is 5.69 Å². The lowest BCUT2D eigenvalue weighted by molar-refractivity contribution is -0.115. The van der Waals surface area contributed by atoms with Gasteiger partial charge in [-0.05, 0) is 59.3 Å². The van der Waals surface area contributed by atoms with Crippen molar-refractivity contribution >= 4 is 39.3 Å². The molecule has 1 amide bonds. The minimum Gasteiger partial charge on any atom is -0.326 e. The van der Waals surface area contributed by atoms with Crippen molar-refractivity contribution in [1.29, 1.82) is 0 Å². The number of carbonyl (C=O) groups excluding carboxylic acids is 1. The Labute approximate surface area is 158 Å². The lowest BCUT2D eigenvalue weighted by Crippen LogP contribution is -2.12. The zero-order chi connectivity index (χ0) is 17.6. The lowest BCUT2D eigenvalue weighted by atomic mass is 10.2. The number of carbonyl (C=O) groups is 1. The number of nitrogens with zero attached hydrogens (tertiary/aromatic N) is 4. The summed E-state index contributed by atoms with van der Waals surface area (Å²) in [4.78, 5) is 12.1. The number of hydrogen-bond acceptors (Lipinski definition) is 5. The van der Waals surface area contributed by atoms with Gasteiger partial charge in [0.05, 0.1) is 5.69 Å². The summed E-state index contributed by atoms with van der Waals surface area (Å²) in [5.41, 5.74) is 2.80. The Balaban J connectivity index is 1.55. The fourth-order valence-corrected chi connectivity index (χ4v) is 3.29. The monoisotopic (exact) mass is 417 g/mol. The van der Waals surface area contributed by atoms with Crippen molar-refractivity contribution < 1.29 is 4.79 Å². The van der Waals surface area contributed by atoms with Crippen LogP contribution in [-0.4, -0.2) is 31.9 Å². The summed E-state index contributed by atoms with van der Waals surface area (Å²) in [7, 11) is 0. The summed E-state index contributed by atoms with van der Waals surface area (Å²) in [6.07, 6.45) is 0.381. The molecule has 0 aliphatic rings. The summed E-state index contributed by atoms with van der Waals surface area (Å²) in [6.45, 7) is 1.99. The van der Waals surface area contributed by atoms with Gasteiger partial charge in [-0.2, -0.15) is 4.68 Å². The van der Waals surface area contributed by atoms with Gasteiger partial charge >= 0.3 is 0 Å². The Kier molecular flexibility index (Phi) is 5.83. The van der Waals surface area contributed by atoms with Gasteiger partial charge in [-0.15, -0.1) is 5.10 Å². The van der Waals surface area contributed by atoms with Gasteiger partial charge in [-0.25, -0.2) is 0 Å². The van der Waals surface area contributed by atoms with E-state index in [9.17, 15) is 4.79 Å². The van der Waals surface area contributed by atoms with Crippen LogP contribution in [0.15, 0.2) is 58.2 Å². The first-order valence-electron chi connectivity index (χ1n) is 7.65. The summed E-state index contributed by atoms with van der Waals surface area (Å²) in [5, 5.41) is 15.3. The normalized spacial score (nSPS) is 10.6. The molecule has 1 aromatic heterocycles. The van der Waals surface area contributed by atoms with Crippen LogP contribution in [0.1, 0.15) is 12.0 Å². The highest BCUT2D eigenvalue weighted by molar-refractivity contribution is 9.10. The molecule has 6 nitrogen and oxygen atoms in total. The number of benzene rings is 2. The number of hydrogen-bond donors (Lipinski definition) is 1. The van der Waals surface area contributed by atoms with Gasteiger partial charge in [0.1, 0.15) is 0 Å². The highest BCUT2D eigenvalue weighted by atomic mass is 79.9. The SMILES string of the molecule is Cc1cccc(NC(=O)CCSc2nnnn2-c2ccc(Br)cc2)c1. The predicted octanol–water partition coefficient (Wildman–Crippen LogP) is 3.85. The number of amides is 1. The Morgan fingerprint density at radius 3 is 2.80 bits per heavy atom. The van der Waals surface area contributed by atoms with Crippen LogP contribution in [0, 0.1) is 6.92 Å². The van der Waals surface area contributed by atoms with Crippen LogP contribution in [0.4, 0.5) is 5.69 Å². The predicted molar refractivity (Wildman–Crippen MR) is 102 cm³/mol. The summed E-state index contributed by atoms with van der Waals surface area (Å²) >= 11 is 4.86. The Hall–Kier alpha value is -2.19. The second-order valence-electron chi connectivity index (χ2n) is 5.37. The average Bonchev–Trinajstić information content (AvgIpc) is 3.04. The number of halogens is 1. The van der Waals surface area contributed by atoms with E-state index in [2.05, 4.69) is 36.8 Å². The third-order valence-electron chi connectivity index (χ3n) is 3.37. The molecule has 0 aliphatic carbocycles. The van der Waals surface area contributed by atoms with Crippen molar-refractivity contribution in [2.24, 2.45) is 0 Å². The Morgan fingerprint density at radius 1 is 1.24 bits per heavy atom. The standard InChI is InChI=1S/C17H16BrN5OS/c1-12-3-2-4-14(11-12)19-16(24)9-10-25-17-20-21-22-23(17)15-7-5-13(18)6-8-15/h2-8,11H,9-10H2,1H3,(H,19,24). The molecule has 128 valence electrons. The second kappa shape index (κ2) is 8.26. The average molecular weight is 418 g/mol. The van der Waals surface area contributed by atoms with E-state index in [1.807, 2.05) is 55.5 Å². The fourth-order valence-electron chi connectivity index (χ4n) is 2.19. The number of tetrazole rings is 1. The molecule has 0 aliphatic heterocycles. The van der Waals surface area contributed by atoms with Gasteiger partial charge < -0.3 is 5.32 Å². The van der Waals surface area contributed by atoms with E-state index >= 15 is 0 Å². The summed E-state index contributed by atoms with van der Waals surface area (Å²) < 4.78 is 2.65. The van der Waals surface area contributed by atoms with Gasteiger partial charge in [0.25, 0.3) is 0 Å². The highest BCUT2D eigenvalue weighted by Gasteiger charge is 2.10. The number of aryl methyl sites for hydroxylation is 1. The van der Waals surface area contributed by atoms with Crippen molar-refractivity contribution in [3.63, 3.8) is 0 Å². The van der Waals surface area contributed by atoms with Crippen molar-refractivity contribution in [1.82, 2.24) is 20.2 Å². The van der Waals surface area contributed by atoms with Crippen LogP contribution in [0.5, 0.6) is 0 Å². The third kappa shape index (κ3) is 4.90. The molecule has 0 saturated heterocycles. The fraction of sp³-hybridized carbons (Fsp3) is 0.176. The second-order valence-corrected chi connectivity index (χ2v) is 7.34. The van der Waals surface area contributed by atoms with Gasteiger partial charge in [-0.1, -0.05) is 39.8 Å². The molecule has 1 heterocycles. The van der Waals surface area contributed by atoms with E-state index in [0.717, 1.165) is 21.4 Å². The first-order valence-corrected chi connectivity index (χ1v) is 9.43. The number of thioether (sulfide) groups is 1. The summed E-state index contributed by atoms with van der Waals surface area (Å²) in [6, 6.07) is 15.5. The third-order valence-corrected chi connectivity index (χ3v) is 4.82. The highest BCUT2D eigenvalue weighted by Crippen LogP contribution is 2.20. The quantitative estimate of drug-likeness (QED) is 0.616. The molecular weight excluding hydrogens is 402 g/mol. The Bertz CT molecular complexity index is 865. The van der Waals surface area contributed by atoms with Gasteiger partial charge in [0.15, 0.2) is 0 Å². The molecule has 8 heteroatoms. The van der Waals surface area contributed by atoms with E-state index in [1.165, 1.54) is 11.8 Å². The zero-order valence-electron chi connectivity index (χ0n) is 13.5. The van der Waals surface area contributed by atoms with E-state index in [-0.39, 0.29) is 5.91 Å². The zero-order valence-corrected chi connectivity index (χ0v) is 15.9. The van der Waals surface area contributed by atoms with Crippen LogP contribution >= 0.6 is 27.7 Å². The number of rotatable bonds is 6. The van der Waals surface area contributed by atoms with E-state index in [0.29, 0.717) is 17.3 Å². The van der Waals surface area contributed by atoms with Crippen LogP contribution < -0.4 is 5.32 Å². The molecule has 3 aromatic rings. The van der Waals surface area contributed by atoms with Crippen molar-refractivity contribution in [2.45, 2.75) is 18.5 Å². The maximum atomic E-state index is 12.1. The smallest absolute Gasteiger partial charge is 0.225 e. The first kappa shape index (κ1) is 17.6. The van der Waals surface area contributed by atoms with Crippen LogP contribution in [0.2, 0.25) is 0 Å². The maximum Gasteiger partial charge on any atom is 0.225 e. The molecule has 0 radical (unpaired) electrons. The molecule has 0 atom stereocenters. The molecule has 2 aromatic carbocycles. The number of anilines is 1. The van der Waals surface area contributed by atoms with Crippen molar-refractivity contribution in [3.05, 3.63) is 58.6 Å². The maximum absolute atomic E-state index is 12.1. The Morgan fingerprint density at radius 2 is 2.04 bits per heavy atom. The topological polar surface area (TPSA) is 72.7 Å².